The molecule has 0 aromatic heterocycles. The average molecular weight is 863 g/mol. The van der Waals surface area contributed by atoms with Crippen molar-refractivity contribution in [3.8, 4) is 0 Å². The van der Waals surface area contributed by atoms with Crippen LogP contribution in [0.3, 0.4) is 0 Å². The third-order valence-electron chi connectivity index (χ3n) is 13.9. The number of nitrogens with one attached hydrogen (secondary N) is 1. The van der Waals surface area contributed by atoms with Gasteiger partial charge in [0, 0.05) is 6.42 Å². The van der Waals surface area contributed by atoms with Crippen molar-refractivity contribution in [3.63, 3.8) is 0 Å². The monoisotopic (exact) mass is 862 g/mol. The molecule has 0 saturated carbocycles. The van der Waals surface area contributed by atoms with Crippen LogP contribution in [0.5, 0.6) is 0 Å². The number of carbonyl (C=O) groups excluding carboxylic acids is 1. The Balaban J connectivity index is 3.38. The lowest BCUT2D eigenvalue weighted by Crippen LogP contribution is -2.45. The Morgan fingerprint density at radius 3 is 0.738 bits per heavy atom. The Kier molecular flexibility index (Phi) is 53.2. The van der Waals surface area contributed by atoms with Crippen LogP contribution in [0.1, 0.15) is 341 Å². The fourth-order valence-corrected chi connectivity index (χ4v) is 9.48. The van der Waals surface area contributed by atoms with Gasteiger partial charge < -0.3 is 15.5 Å². The molecule has 0 aromatic carbocycles. The van der Waals surface area contributed by atoms with Gasteiger partial charge in [0.2, 0.25) is 5.91 Å². The molecule has 4 heteroatoms. The van der Waals surface area contributed by atoms with Gasteiger partial charge in [0.1, 0.15) is 0 Å². The molecule has 0 saturated heterocycles. The zero-order valence-electron chi connectivity index (χ0n) is 42.2. The first-order chi connectivity index (χ1) is 30.2. The van der Waals surface area contributed by atoms with Gasteiger partial charge in [-0.15, -0.1) is 0 Å². The second-order valence-electron chi connectivity index (χ2n) is 20.1. The summed E-state index contributed by atoms with van der Waals surface area (Å²) in [7, 11) is 0. The van der Waals surface area contributed by atoms with E-state index in [9.17, 15) is 15.0 Å². The van der Waals surface area contributed by atoms with Crippen LogP contribution in [-0.4, -0.2) is 34.9 Å². The average Bonchev–Trinajstić information content (AvgIpc) is 3.26. The number of hydrogen-bond donors (Lipinski definition) is 3. The molecule has 0 spiro atoms. The smallest absolute Gasteiger partial charge is 0.220 e. The molecule has 366 valence electrons. The van der Waals surface area contributed by atoms with Gasteiger partial charge in [0.25, 0.3) is 0 Å². The molecule has 0 heterocycles. The number of rotatable bonds is 54. The molecule has 0 bridgehead atoms. The molecule has 0 aliphatic heterocycles. The summed E-state index contributed by atoms with van der Waals surface area (Å²) in [4.78, 5) is 12.5. The number of carbonyl (C=O) groups is 1. The number of aliphatic hydroxyl groups excluding tert-OH is 2. The summed E-state index contributed by atoms with van der Waals surface area (Å²) in [5.74, 6) is -0.0218. The highest BCUT2D eigenvalue weighted by Crippen LogP contribution is 2.19. The molecular weight excluding hydrogens is 747 g/mol. The molecule has 61 heavy (non-hydrogen) atoms. The van der Waals surface area contributed by atoms with E-state index >= 15 is 0 Å². The topological polar surface area (TPSA) is 69.6 Å². The highest BCUT2D eigenvalue weighted by atomic mass is 16.3. The van der Waals surface area contributed by atoms with E-state index in [-0.39, 0.29) is 12.5 Å². The van der Waals surface area contributed by atoms with Gasteiger partial charge in [-0.3, -0.25) is 4.79 Å². The van der Waals surface area contributed by atoms with E-state index in [2.05, 4.69) is 19.2 Å². The van der Waals surface area contributed by atoms with Crippen molar-refractivity contribution in [2.24, 2.45) is 0 Å². The first-order valence-electron chi connectivity index (χ1n) is 28.7. The lowest BCUT2D eigenvalue weighted by Gasteiger charge is -2.22. The van der Waals surface area contributed by atoms with E-state index in [1.54, 1.807) is 0 Å². The molecule has 0 aromatic rings. The second-order valence-corrected chi connectivity index (χ2v) is 20.1. The van der Waals surface area contributed by atoms with Crippen LogP contribution in [-0.2, 0) is 4.79 Å². The van der Waals surface area contributed by atoms with Crippen molar-refractivity contribution in [2.45, 2.75) is 353 Å². The van der Waals surface area contributed by atoms with Crippen LogP contribution in [0.4, 0.5) is 0 Å². The summed E-state index contributed by atoms with van der Waals surface area (Å²) in [6.45, 7) is 4.41. The van der Waals surface area contributed by atoms with Gasteiger partial charge in [0.05, 0.1) is 18.8 Å². The van der Waals surface area contributed by atoms with Gasteiger partial charge >= 0.3 is 0 Å². The Morgan fingerprint density at radius 2 is 0.525 bits per heavy atom. The summed E-state index contributed by atoms with van der Waals surface area (Å²) in [6.07, 6.45) is 68.2. The van der Waals surface area contributed by atoms with E-state index in [1.165, 1.54) is 289 Å². The van der Waals surface area contributed by atoms with Crippen LogP contribution < -0.4 is 5.32 Å². The van der Waals surface area contributed by atoms with Crippen molar-refractivity contribution in [1.29, 1.82) is 0 Å². The molecule has 0 rings (SSSR count). The van der Waals surface area contributed by atoms with Crippen LogP contribution in [0.2, 0.25) is 0 Å². The SMILES string of the molecule is CCCCCCCCCCCCCCCCCCCCCCCCCCCCCCCCC(=O)NC(CO)C(O)CCCCCCCCCCCCCCCCCCCCC. The number of aliphatic hydroxyl groups is 2. The minimum Gasteiger partial charge on any atom is -0.394 e. The summed E-state index contributed by atoms with van der Waals surface area (Å²) < 4.78 is 0. The van der Waals surface area contributed by atoms with E-state index in [4.69, 9.17) is 0 Å². The van der Waals surface area contributed by atoms with Crippen LogP contribution in [0.15, 0.2) is 0 Å². The third-order valence-corrected chi connectivity index (χ3v) is 13.9. The predicted octanol–water partition coefficient (Wildman–Crippen LogP) is 18.8. The number of hydrogen-bond acceptors (Lipinski definition) is 3. The van der Waals surface area contributed by atoms with Crippen molar-refractivity contribution in [3.05, 3.63) is 0 Å². The fourth-order valence-electron chi connectivity index (χ4n) is 9.48. The van der Waals surface area contributed by atoms with Gasteiger partial charge in [0.15, 0.2) is 0 Å². The van der Waals surface area contributed by atoms with Crippen LogP contribution in [0.25, 0.3) is 0 Å². The minimum absolute atomic E-state index is 0.0218. The standard InChI is InChI=1S/C57H115NO3/c1-3-5-7-9-11-13-15-17-19-21-23-24-25-26-27-28-29-30-31-32-33-35-37-39-41-43-45-47-49-51-53-57(61)58-55(54-59)56(60)52-50-48-46-44-42-40-38-36-34-22-20-18-16-14-12-10-8-6-4-2/h55-56,59-60H,3-54H2,1-2H3,(H,58,61). The first-order valence-corrected chi connectivity index (χ1v) is 28.7. The highest BCUT2D eigenvalue weighted by molar-refractivity contribution is 5.76. The molecule has 4 nitrogen and oxygen atoms in total. The number of unbranched alkanes of at least 4 members (excludes halogenated alkanes) is 47. The van der Waals surface area contributed by atoms with Crippen LogP contribution >= 0.6 is 0 Å². The minimum atomic E-state index is -0.654. The van der Waals surface area contributed by atoms with Crippen molar-refractivity contribution >= 4 is 5.91 Å². The Bertz CT molecular complexity index is 803. The molecule has 3 N–H and O–H groups in total. The van der Waals surface area contributed by atoms with Crippen LogP contribution in [0, 0.1) is 0 Å². The maximum Gasteiger partial charge on any atom is 0.220 e. The van der Waals surface area contributed by atoms with Crippen molar-refractivity contribution in [1.82, 2.24) is 5.32 Å². The van der Waals surface area contributed by atoms with E-state index < -0.39 is 12.1 Å². The molecule has 1 amide bonds. The van der Waals surface area contributed by atoms with E-state index in [0.717, 1.165) is 25.7 Å². The summed E-state index contributed by atoms with van der Waals surface area (Å²) in [5.41, 5.74) is 0. The molecule has 0 fully saturated rings. The Labute approximate surface area is 384 Å². The molecule has 2 atom stereocenters. The van der Waals surface area contributed by atoms with Gasteiger partial charge in [-0.2, -0.15) is 0 Å². The number of amides is 1. The van der Waals surface area contributed by atoms with Gasteiger partial charge in [-0.1, -0.05) is 322 Å². The van der Waals surface area contributed by atoms with Gasteiger partial charge in [-0.25, -0.2) is 0 Å². The predicted molar refractivity (Wildman–Crippen MR) is 272 cm³/mol. The first kappa shape index (κ1) is 60.4. The van der Waals surface area contributed by atoms with Gasteiger partial charge in [-0.05, 0) is 12.8 Å². The highest BCUT2D eigenvalue weighted by Gasteiger charge is 2.20. The molecular formula is C57H115NO3. The maximum atomic E-state index is 12.5. The zero-order valence-corrected chi connectivity index (χ0v) is 42.2. The normalized spacial score (nSPS) is 12.7. The molecule has 0 aliphatic carbocycles. The Morgan fingerprint density at radius 1 is 0.328 bits per heavy atom. The zero-order chi connectivity index (χ0) is 44.2. The second kappa shape index (κ2) is 53.7. The van der Waals surface area contributed by atoms with Crippen molar-refractivity contribution in [2.75, 3.05) is 6.61 Å². The largest absolute Gasteiger partial charge is 0.394 e. The Hall–Kier alpha value is -0.610. The lowest BCUT2D eigenvalue weighted by atomic mass is 10.0. The molecule has 2 unspecified atom stereocenters. The van der Waals surface area contributed by atoms with E-state index in [0.29, 0.717) is 12.8 Å². The molecule has 0 aliphatic rings. The quantitative estimate of drug-likeness (QED) is 0.0534. The maximum absolute atomic E-state index is 12.5. The summed E-state index contributed by atoms with van der Waals surface area (Å²) >= 11 is 0. The molecule has 0 radical (unpaired) electrons. The van der Waals surface area contributed by atoms with E-state index in [1.807, 2.05) is 0 Å². The summed E-state index contributed by atoms with van der Waals surface area (Å²) in [6, 6.07) is -0.531. The fraction of sp³-hybridized carbons (Fsp3) is 0.982. The van der Waals surface area contributed by atoms with Crippen molar-refractivity contribution < 1.29 is 15.0 Å². The lowest BCUT2D eigenvalue weighted by molar-refractivity contribution is -0.123. The third kappa shape index (κ3) is 50.3. The summed E-state index contributed by atoms with van der Waals surface area (Å²) in [5, 5.41) is 23.3.